The van der Waals surface area contributed by atoms with Crippen LogP contribution in [0.25, 0.3) is 10.6 Å². The van der Waals surface area contributed by atoms with E-state index in [0.717, 1.165) is 21.9 Å². The summed E-state index contributed by atoms with van der Waals surface area (Å²) in [5, 5.41) is 2.62. The van der Waals surface area contributed by atoms with Crippen molar-refractivity contribution in [2.75, 3.05) is 7.11 Å². The second-order valence-electron chi connectivity index (χ2n) is 5.66. The second-order valence-corrected chi connectivity index (χ2v) is 6.52. The number of thiazole rings is 1. The molecule has 6 heteroatoms. The van der Waals surface area contributed by atoms with Crippen LogP contribution in [0, 0.1) is 5.82 Å². The summed E-state index contributed by atoms with van der Waals surface area (Å²) in [6.07, 6.45) is 0.919. The van der Waals surface area contributed by atoms with Gasteiger partial charge in [-0.3, -0.25) is 4.79 Å². The van der Waals surface area contributed by atoms with E-state index in [1.54, 1.807) is 19.2 Å². The second kappa shape index (κ2) is 8.58. The van der Waals surface area contributed by atoms with E-state index >= 15 is 0 Å². The molecule has 0 spiro atoms. The molecule has 2 aromatic carbocycles. The number of esters is 1. The minimum atomic E-state index is -0.281. The maximum absolute atomic E-state index is 13.0. The smallest absolute Gasteiger partial charge is 0.306 e. The molecular weight excluding hydrogens is 353 g/mol. The monoisotopic (exact) mass is 371 g/mol. The topological polar surface area (TPSA) is 48.4 Å². The van der Waals surface area contributed by atoms with Gasteiger partial charge >= 0.3 is 5.97 Å². The molecule has 3 rings (SSSR count). The number of carbonyl (C=O) groups is 1. The molecule has 1 aromatic heterocycles. The van der Waals surface area contributed by atoms with Gasteiger partial charge in [0.1, 0.15) is 23.2 Å². The normalized spacial score (nSPS) is 10.5. The van der Waals surface area contributed by atoms with Crippen molar-refractivity contribution in [3.05, 3.63) is 71.0 Å². The van der Waals surface area contributed by atoms with E-state index in [2.05, 4.69) is 4.98 Å². The van der Waals surface area contributed by atoms with Gasteiger partial charge in [0.15, 0.2) is 0 Å². The van der Waals surface area contributed by atoms with Gasteiger partial charge in [0.2, 0.25) is 0 Å². The summed E-state index contributed by atoms with van der Waals surface area (Å²) < 4.78 is 23.4. The molecule has 0 amide bonds. The molecule has 0 saturated carbocycles. The van der Waals surface area contributed by atoms with E-state index in [0.29, 0.717) is 18.5 Å². The van der Waals surface area contributed by atoms with Gasteiger partial charge in [0.25, 0.3) is 0 Å². The zero-order valence-electron chi connectivity index (χ0n) is 14.3. The van der Waals surface area contributed by atoms with E-state index in [-0.39, 0.29) is 18.4 Å². The highest BCUT2D eigenvalue weighted by Crippen LogP contribution is 2.24. The molecule has 1 heterocycles. The quantitative estimate of drug-likeness (QED) is 0.568. The number of hydrogen-bond acceptors (Lipinski definition) is 5. The summed E-state index contributed by atoms with van der Waals surface area (Å²) in [5.41, 5.74) is 2.58. The maximum atomic E-state index is 13.0. The van der Waals surface area contributed by atoms with Gasteiger partial charge < -0.3 is 9.47 Å². The number of ether oxygens (including phenoxy) is 2. The lowest BCUT2D eigenvalue weighted by atomic mass is 10.1. The Morgan fingerprint density at radius 1 is 1.12 bits per heavy atom. The minimum Gasteiger partial charge on any atom is -0.497 e. The number of hydrogen-bond donors (Lipinski definition) is 0. The minimum absolute atomic E-state index is 0.138. The summed E-state index contributed by atoms with van der Waals surface area (Å²) in [6.45, 7) is 0.138. The van der Waals surface area contributed by atoms with E-state index in [1.807, 2.05) is 29.6 Å². The van der Waals surface area contributed by atoms with Crippen molar-refractivity contribution in [3.8, 4) is 16.3 Å². The zero-order valence-corrected chi connectivity index (χ0v) is 15.1. The van der Waals surface area contributed by atoms with Gasteiger partial charge in [-0.25, -0.2) is 9.37 Å². The molecule has 0 aliphatic carbocycles. The van der Waals surface area contributed by atoms with Crippen LogP contribution in [0.4, 0.5) is 4.39 Å². The van der Waals surface area contributed by atoms with E-state index in [4.69, 9.17) is 9.47 Å². The van der Waals surface area contributed by atoms with Crippen LogP contribution < -0.4 is 4.74 Å². The molecule has 134 valence electrons. The Labute approximate surface area is 155 Å². The fourth-order valence-electron chi connectivity index (χ4n) is 2.36. The van der Waals surface area contributed by atoms with Gasteiger partial charge in [0, 0.05) is 17.4 Å². The number of halogens is 1. The molecule has 3 aromatic rings. The number of aryl methyl sites for hydroxylation is 1. The Morgan fingerprint density at radius 2 is 1.85 bits per heavy atom. The van der Waals surface area contributed by atoms with Crippen LogP contribution in [0.2, 0.25) is 0 Å². The number of nitrogens with zero attached hydrogens (tertiary/aromatic N) is 1. The molecule has 0 unspecified atom stereocenters. The number of aromatic nitrogens is 1. The lowest BCUT2D eigenvalue weighted by Gasteiger charge is -2.04. The average Bonchev–Trinajstić information content (AvgIpc) is 3.14. The summed E-state index contributed by atoms with van der Waals surface area (Å²) in [7, 11) is 1.62. The Balaban J connectivity index is 1.47. The molecular formula is C20H18FNO3S. The van der Waals surface area contributed by atoms with Crippen LogP contribution in [0.1, 0.15) is 17.7 Å². The van der Waals surface area contributed by atoms with Crippen LogP contribution in [-0.4, -0.2) is 18.1 Å². The molecule has 0 saturated heterocycles. The Hall–Kier alpha value is -2.73. The molecule has 0 bridgehead atoms. The third-order valence-corrected chi connectivity index (χ3v) is 4.74. The van der Waals surface area contributed by atoms with Crippen molar-refractivity contribution in [1.29, 1.82) is 0 Å². The lowest BCUT2D eigenvalue weighted by Crippen LogP contribution is -2.06. The number of carbonyl (C=O) groups excluding carboxylic acids is 1. The first-order valence-corrected chi connectivity index (χ1v) is 9.01. The van der Waals surface area contributed by atoms with E-state index in [1.165, 1.54) is 23.5 Å². The molecule has 4 nitrogen and oxygen atoms in total. The molecule has 0 aliphatic heterocycles. The summed E-state index contributed by atoms with van der Waals surface area (Å²) >= 11 is 1.44. The van der Waals surface area contributed by atoms with Crippen molar-refractivity contribution in [1.82, 2.24) is 4.98 Å². The molecule has 0 aliphatic rings. The molecule has 26 heavy (non-hydrogen) atoms. The van der Waals surface area contributed by atoms with Gasteiger partial charge in [0.05, 0.1) is 12.8 Å². The molecule has 0 fully saturated rings. The van der Waals surface area contributed by atoms with Crippen molar-refractivity contribution < 1.29 is 18.7 Å². The Bertz CT molecular complexity index is 860. The van der Waals surface area contributed by atoms with E-state index < -0.39 is 0 Å². The molecule has 0 atom stereocenters. The van der Waals surface area contributed by atoms with Crippen molar-refractivity contribution in [3.63, 3.8) is 0 Å². The predicted octanol–water partition coefficient (Wildman–Crippen LogP) is 4.63. The number of benzene rings is 2. The van der Waals surface area contributed by atoms with Gasteiger partial charge in [-0.1, -0.05) is 12.1 Å². The lowest BCUT2D eigenvalue weighted by molar-refractivity contribution is -0.145. The largest absolute Gasteiger partial charge is 0.497 e. The van der Waals surface area contributed by atoms with Crippen LogP contribution in [0.3, 0.4) is 0 Å². The maximum Gasteiger partial charge on any atom is 0.306 e. The van der Waals surface area contributed by atoms with Crippen molar-refractivity contribution >= 4 is 17.3 Å². The zero-order chi connectivity index (χ0) is 18.4. The van der Waals surface area contributed by atoms with Crippen molar-refractivity contribution in [2.24, 2.45) is 0 Å². The first kappa shape index (κ1) is 18.1. The standard InChI is InChI=1S/C20H18FNO3S/c1-24-18-9-2-14(3-10-18)4-11-19(23)25-12-17-13-26-20(22-17)15-5-7-16(21)8-6-15/h2-3,5-10,13H,4,11-12H2,1H3. The van der Waals surface area contributed by atoms with Gasteiger partial charge in [-0.05, 0) is 48.4 Å². The number of rotatable bonds is 7. The molecule has 0 N–H and O–H groups in total. The fourth-order valence-corrected chi connectivity index (χ4v) is 3.17. The Kier molecular flexibility index (Phi) is 5.96. The average molecular weight is 371 g/mol. The fraction of sp³-hybridized carbons (Fsp3) is 0.200. The first-order chi connectivity index (χ1) is 12.6. The van der Waals surface area contributed by atoms with Crippen molar-refractivity contribution in [2.45, 2.75) is 19.4 Å². The highest BCUT2D eigenvalue weighted by atomic mass is 32.1. The van der Waals surface area contributed by atoms with E-state index in [9.17, 15) is 9.18 Å². The van der Waals surface area contributed by atoms with Crippen LogP contribution in [-0.2, 0) is 22.6 Å². The third-order valence-electron chi connectivity index (χ3n) is 3.80. The predicted molar refractivity (Wildman–Crippen MR) is 98.6 cm³/mol. The number of methoxy groups -OCH3 is 1. The highest BCUT2D eigenvalue weighted by molar-refractivity contribution is 7.13. The van der Waals surface area contributed by atoms with Gasteiger partial charge in [-0.15, -0.1) is 11.3 Å². The van der Waals surface area contributed by atoms with Crippen LogP contribution in [0.15, 0.2) is 53.9 Å². The first-order valence-electron chi connectivity index (χ1n) is 8.13. The highest BCUT2D eigenvalue weighted by Gasteiger charge is 2.09. The van der Waals surface area contributed by atoms with Gasteiger partial charge in [-0.2, -0.15) is 0 Å². The third kappa shape index (κ3) is 4.89. The van der Waals surface area contributed by atoms with Crippen LogP contribution in [0.5, 0.6) is 5.75 Å². The molecule has 0 radical (unpaired) electrons. The Morgan fingerprint density at radius 3 is 2.54 bits per heavy atom. The van der Waals surface area contributed by atoms with Crippen LogP contribution >= 0.6 is 11.3 Å². The SMILES string of the molecule is COc1ccc(CCC(=O)OCc2csc(-c3ccc(F)cc3)n2)cc1. The summed E-state index contributed by atoms with van der Waals surface area (Å²) in [4.78, 5) is 16.3. The summed E-state index contributed by atoms with van der Waals surface area (Å²) in [5.74, 6) is 0.241. The summed E-state index contributed by atoms with van der Waals surface area (Å²) in [6, 6.07) is 13.8.